The normalized spacial score (nSPS) is 21.0. The van der Waals surface area contributed by atoms with Crippen molar-refractivity contribution >= 4 is 5.97 Å². The maximum absolute atomic E-state index is 13.0. The summed E-state index contributed by atoms with van der Waals surface area (Å²) in [7, 11) is 0. The highest BCUT2D eigenvalue weighted by Gasteiger charge is 2.29. The first-order valence-electron chi connectivity index (χ1n) is 4.61. The summed E-state index contributed by atoms with van der Waals surface area (Å²) in [6.45, 7) is 2.32. The highest BCUT2D eigenvalue weighted by atomic mass is 19.1. The molecule has 0 amide bonds. The van der Waals surface area contributed by atoms with Crippen molar-refractivity contribution in [3.63, 3.8) is 0 Å². The van der Waals surface area contributed by atoms with Crippen LogP contribution in [0.2, 0.25) is 0 Å². The molecule has 2 nitrogen and oxygen atoms in total. The summed E-state index contributed by atoms with van der Waals surface area (Å²) in [4.78, 5) is 11.3. The first-order valence-corrected chi connectivity index (χ1v) is 4.61. The Morgan fingerprint density at radius 3 is 2.93 bits per heavy atom. The van der Waals surface area contributed by atoms with Gasteiger partial charge in [-0.15, -0.1) is 0 Å². The zero-order chi connectivity index (χ0) is 10.1. The zero-order valence-electron chi connectivity index (χ0n) is 7.92. The van der Waals surface area contributed by atoms with Crippen LogP contribution in [0.3, 0.4) is 0 Å². The number of esters is 1. The molecule has 0 saturated carbocycles. The van der Waals surface area contributed by atoms with Crippen LogP contribution in [0.4, 0.5) is 4.39 Å². The highest BCUT2D eigenvalue weighted by Crippen LogP contribution is 2.29. The summed E-state index contributed by atoms with van der Waals surface area (Å²) in [5.74, 6) is -0.810. The van der Waals surface area contributed by atoms with Gasteiger partial charge in [-0.3, -0.25) is 4.79 Å². The molecule has 1 aromatic rings. The van der Waals surface area contributed by atoms with Crippen LogP contribution in [0.5, 0.6) is 0 Å². The van der Waals surface area contributed by atoms with Gasteiger partial charge in [-0.25, -0.2) is 4.39 Å². The maximum Gasteiger partial charge on any atom is 0.313 e. The second-order valence-corrected chi connectivity index (χ2v) is 3.51. The lowest BCUT2D eigenvalue weighted by molar-refractivity contribution is -0.139. The molecule has 74 valence electrons. The van der Waals surface area contributed by atoms with Gasteiger partial charge in [-0.2, -0.15) is 0 Å². The molecule has 0 N–H and O–H groups in total. The first kappa shape index (κ1) is 9.19. The Kier molecular flexibility index (Phi) is 2.23. The smallest absolute Gasteiger partial charge is 0.313 e. The average Bonchev–Trinajstić information content (AvgIpc) is 2.56. The number of benzene rings is 1. The van der Waals surface area contributed by atoms with E-state index in [1.807, 2.05) is 6.92 Å². The molecular weight excluding hydrogens is 183 g/mol. The standard InChI is InChI=1S/C11H11FO2/c1-7-2-3-8(12)6-10(7)9-4-5-14-11(9)13/h2-3,6,9H,4-5H2,1H3. The van der Waals surface area contributed by atoms with Gasteiger partial charge in [0, 0.05) is 0 Å². The van der Waals surface area contributed by atoms with Crippen LogP contribution in [-0.2, 0) is 9.53 Å². The fourth-order valence-corrected chi connectivity index (χ4v) is 1.77. The third kappa shape index (κ3) is 1.50. The minimum atomic E-state index is -0.301. The van der Waals surface area contributed by atoms with Crippen LogP contribution < -0.4 is 0 Å². The Labute approximate surface area is 81.7 Å². The van der Waals surface area contributed by atoms with E-state index in [1.54, 1.807) is 6.07 Å². The van der Waals surface area contributed by atoms with Crippen molar-refractivity contribution in [3.8, 4) is 0 Å². The van der Waals surface area contributed by atoms with Crippen molar-refractivity contribution in [2.75, 3.05) is 6.61 Å². The number of carbonyl (C=O) groups is 1. The predicted octanol–water partition coefficient (Wildman–Crippen LogP) is 2.16. The van der Waals surface area contributed by atoms with E-state index in [9.17, 15) is 9.18 Å². The van der Waals surface area contributed by atoms with Gasteiger partial charge in [-0.05, 0) is 36.6 Å². The Morgan fingerprint density at radius 2 is 2.29 bits per heavy atom. The van der Waals surface area contributed by atoms with Gasteiger partial charge in [0.2, 0.25) is 0 Å². The highest BCUT2D eigenvalue weighted by molar-refractivity contribution is 5.80. The van der Waals surface area contributed by atoms with Gasteiger partial charge in [-0.1, -0.05) is 6.07 Å². The van der Waals surface area contributed by atoms with Crippen molar-refractivity contribution in [3.05, 3.63) is 35.1 Å². The van der Waals surface area contributed by atoms with Crippen LogP contribution in [0, 0.1) is 12.7 Å². The Morgan fingerprint density at radius 1 is 1.50 bits per heavy atom. The average molecular weight is 194 g/mol. The molecule has 0 radical (unpaired) electrons. The lowest BCUT2D eigenvalue weighted by Crippen LogP contribution is -2.07. The topological polar surface area (TPSA) is 26.3 Å². The largest absolute Gasteiger partial charge is 0.465 e. The third-order valence-electron chi connectivity index (χ3n) is 2.55. The van der Waals surface area contributed by atoms with Crippen molar-refractivity contribution in [1.82, 2.24) is 0 Å². The molecule has 1 aliphatic heterocycles. The quantitative estimate of drug-likeness (QED) is 0.640. The molecule has 0 spiro atoms. The summed E-state index contributed by atoms with van der Waals surface area (Å²) in [6.07, 6.45) is 0.656. The van der Waals surface area contributed by atoms with E-state index in [1.165, 1.54) is 12.1 Å². The molecule has 1 saturated heterocycles. The third-order valence-corrected chi connectivity index (χ3v) is 2.55. The van der Waals surface area contributed by atoms with E-state index in [-0.39, 0.29) is 17.7 Å². The van der Waals surface area contributed by atoms with E-state index < -0.39 is 0 Å². The van der Waals surface area contributed by atoms with Gasteiger partial charge >= 0.3 is 5.97 Å². The van der Waals surface area contributed by atoms with E-state index in [4.69, 9.17) is 4.74 Å². The molecule has 1 aliphatic rings. The molecule has 1 unspecified atom stereocenters. The molecule has 1 fully saturated rings. The fourth-order valence-electron chi connectivity index (χ4n) is 1.77. The molecule has 14 heavy (non-hydrogen) atoms. The molecule has 0 aromatic heterocycles. The summed E-state index contributed by atoms with van der Waals surface area (Å²) < 4.78 is 17.8. The van der Waals surface area contributed by atoms with Crippen molar-refractivity contribution in [1.29, 1.82) is 0 Å². The maximum atomic E-state index is 13.0. The van der Waals surface area contributed by atoms with Gasteiger partial charge in [0.15, 0.2) is 0 Å². The molecule has 1 heterocycles. The monoisotopic (exact) mass is 194 g/mol. The number of hydrogen-bond donors (Lipinski definition) is 0. The van der Waals surface area contributed by atoms with E-state index in [2.05, 4.69) is 0 Å². The molecule has 3 heteroatoms. The number of halogens is 1. The van der Waals surface area contributed by atoms with Crippen molar-refractivity contribution in [2.45, 2.75) is 19.3 Å². The lowest BCUT2D eigenvalue weighted by Gasteiger charge is -2.09. The van der Waals surface area contributed by atoms with Crippen LogP contribution in [0.15, 0.2) is 18.2 Å². The molecule has 2 rings (SSSR count). The zero-order valence-corrected chi connectivity index (χ0v) is 7.92. The molecule has 0 bridgehead atoms. The van der Waals surface area contributed by atoms with E-state index >= 15 is 0 Å². The predicted molar refractivity (Wildman–Crippen MR) is 49.5 cm³/mol. The SMILES string of the molecule is Cc1ccc(F)cc1C1CCOC1=O. The van der Waals surface area contributed by atoms with Gasteiger partial charge in [0.05, 0.1) is 12.5 Å². The Bertz CT molecular complexity index is 374. The molecule has 0 aliphatic carbocycles. The minimum Gasteiger partial charge on any atom is -0.465 e. The van der Waals surface area contributed by atoms with Crippen LogP contribution in [-0.4, -0.2) is 12.6 Å². The second-order valence-electron chi connectivity index (χ2n) is 3.51. The summed E-state index contributed by atoms with van der Waals surface area (Å²) in [6, 6.07) is 4.52. The van der Waals surface area contributed by atoms with E-state index in [0.717, 1.165) is 11.1 Å². The fraction of sp³-hybridized carbons (Fsp3) is 0.364. The number of rotatable bonds is 1. The van der Waals surface area contributed by atoms with Crippen molar-refractivity contribution < 1.29 is 13.9 Å². The second kappa shape index (κ2) is 3.40. The number of hydrogen-bond acceptors (Lipinski definition) is 2. The molecule has 1 atom stereocenters. The number of carbonyl (C=O) groups excluding carboxylic acids is 1. The van der Waals surface area contributed by atoms with Crippen molar-refractivity contribution in [2.24, 2.45) is 0 Å². The Balaban J connectivity index is 2.39. The summed E-state index contributed by atoms with van der Waals surface area (Å²) in [5.41, 5.74) is 1.70. The Hall–Kier alpha value is -1.38. The number of ether oxygens (including phenoxy) is 1. The lowest BCUT2D eigenvalue weighted by atomic mass is 9.94. The minimum absolute atomic E-state index is 0.237. The van der Waals surface area contributed by atoms with Crippen LogP contribution in [0.25, 0.3) is 0 Å². The van der Waals surface area contributed by atoms with Gasteiger partial charge in [0.25, 0.3) is 0 Å². The van der Waals surface area contributed by atoms with Crippen LogP contribution >= 0.6 is 0 Å². The molecule has 1 aromatic carbocycles. The summed E-state index contributed by atoms with van der Waals surface area (Å²) in [5, 5.41) is 0. The summed E-state index contributed by atoms with van der Waals surface area (Å²) >= 11 is 0. The number of aryl methyl sites for hydroxylation is 1. The van der Waals surface area contributed by atoms with Gasteiger partial charge in [0.1, 0.15) is 5.82 Å². The first-order chi connectivity index (χ1) is 6.68. The number of cyclic esters (lactones) is 1. The molecular formula is C11H11FO2. The van der Waals surface area contributed by atoms with Crippen LogP contribution in [0.1, 0.15) is 23.5 Å². The van der Waals surface area contributed by atoms with E-state index in [0.29, 0.717) is 13.0 Å². The van der Waals surface area contributed by atoms with Gasteiger partial charge < -0.3 is 4.74 Å².